The van der Waals surface area contributed by atoms with Gasteiger partial charge in [-0.1, -0.05) is 6.07 Å². The highest BCUT2D eigenvalue weighted by Gasteiger charge is 2.01. The standard InChI is InChI=1S/C10H10ClN/c1-7(11)8-2-3-10-9(6-8)4-5-12-10/h2-7,12H,1H3. The summed E-state index contributed by atoms with van der Waals surface area (Å²) in [7, 11) is 0. The number of halogens is 1. The molecule has 0 radical (unpaired) electrons. The zero-order chi connectivity index (χ0) is 8.55. The second kappa shape index (κ2) is 2.83. The van der Waals surface area contributed by atoms with Crippen LogP contribution in [0.3, 0.4) is 0 Å². The van der Waals surface area contributed by atoms with E-state index in [1.165, 1.54) is 10.9 Å². The van der Waals surface area contributed by atoms with Gasteiger partial charge in [-0.15, -0.1) is 11.6 Å². The zero-order valence-corrected chi connectivity index (χ0v) is 7.60. The second-order valence-corrected chi connectivity index (χ2v) is 3.60. The van der Waals surface area contributed by atoms with Gasteiger partial charge in [0.15, 0.2) is 0 Å². The molecule has 2 aromatic rings. The molecule has 1 unspecified atom stereocenters. The molecular formula is C10H10ClN. The number of aromatic amines is 1. The summed E-state index contributed by atoms with van der Waals surface area (Å²) in [5.41, 5.74) is 2.33. The summed E-state index contributed by atoms with van der Waals surface area (Å²) in [5, 5.41) is 1.31. The third-order valence-electron chi connectivity index (χ3n) is 2.04. The van der Waals surface area contributed by atoms with E-state index in [0.717, 1.165) is 5.52 Å². The third kappa shape index (κ3) is 1.21. The largest absolute Gasteiger partial charge is 0.361 e. The molecule has 0 spiro atoms. The van der Waals surface area contributed by atoms with E-state index < -0.39 is 0 Å². The van der Waals surface area contributed by atoms with Gasteiger partial charge in [-0.05, 0) is 36.1 Å². The Kier molecular flexibility index (Phi) is 1.81. The Morgan fingerprint density at radius 2 is 2.17 bits per heavy atom. The van der Waals surface area contributed by atoms with Crippen LogP contribution in [0.4, 0.5) is 0 Å². The van der Waals surface area contributed by atoms with Crippen LogP contribution in [-0.2, 0) is 0 Å². The minimum Gasteiger partial charge on any atom is -0.361 e. The van der Waals surface area contributed by atoms with Crippen molar-refractivity contribution in [3.05, 3.63) is 36.0 Å². The number of rotatable bonds is 1. The molecule has 1 aromatic carbocycles. The average molecular weight is 180 g/mol. The Balaban J connectivity index is 2.60. The molecule has 1 atom stereocenters. The van der Waals surface area contributed by atoms with Gasteiger partial charge in [0.25, 0.3) is 0 Å². The molecule has 0 amide bonds. The van der Waals surface area contributed by atoms with Crippen molar-refractivity contribution in [3.8, 4) is 0 Å². The summed E-state index contributed by atoms with van der Waals surface area (Å²) in [6, 6.07) is 8.28. The molecule has 0 bridgehead atoms. The highest BCUT2D eigenvalue weighted by atomic mass is 35.5. The molecule has 1 aromatic heterocycles. The number of fused-ring (bicyclic) bond motifs is 1. The van der Waals surface area contributed by atoms with Gasteiger partial charge < -0.3 is 4.98 Å². The smallest absolute Gasteiger partial charge is 0.0557 e. The topological polar surface area (TPSA) is 15.8 Å². The predicted molar refractivity (Wildman–Crippen MR) is 52.6 cm³/mol. The lowest BCUT2D eigenvalue weighted by Crippen LogP contribution is -1.82. The maximum absolute atomic E-state index is 5.96. The van der Waals surface area contributed by atoms with Crippen LogP contribution >= 0.6 is 11.6 Å². The Morgan fingerprint density at radius 3 is 2.92 bits per heavy atom. The van der Waals surface area contributed by atoms with E-state index in [1.54, 1.807) is 0 Å². The van der Waals surface area contributed by atoms with Crippen LogP contribution in [0.15, 0.2) is 30.5 Å². The van der Waals surface area contributed by atoms with E-state index in [0.29, 0.717) is 0 Å². The average Bonchev–Trinajstić information content (AvgIpc) is 2.49. The molecule has 1 N–H and O–H groups in total. The molecule has 12 heavy (non-hydrogen) atoms. The van der Waals surface area contributed by atoms with Gasteiger partial charge >= 0.3 is 0 Å². The minimum absolute atomic E-state index is 0.0873. The highest BCUT2D eigenvalue weighted by molar-refractivity contribution is 6.20. The molecule has 1 nitrogen and oxygen atoms in total. The van der Waals surface area contributed by atoms with E-state index in [-0.39, 0.29) is 5.38 Å². The van der Waals surface area contributed by atoms with Gasteiger partial charge in [0, 0.05) is 11.7 Å². The Hall–Kier alpha value is -0.950. The number of aromatic nitrogens is 1. The summed E-state index contributed by atoms with van der Waals surface area (Å²) in [6.07, 6.45) is 1.94. The molecule has 0 aliphatic carbocycles. The molecular weight excluding hydrogens is 170 g/mol. The first-order valence-corrected chi connectivity index (χ1v) is 4.42. The minimum atomic E-state index is 0.0873. The molecule has 0 saturated carbocycles. The van der Waals surface area contributed by atoms with Gasteiger partial charge in [-0.25, -0.2) is 0 Å². The SMILES string of the molecule is CC(Cl)c1ccc2[nH]ccc2c1. The summed E-state index contributed by atoms with van der Waals surface area (Å²) in [5.74, 6) is 0. The van der Waals surface area contributed by atoms with Crippen molar-refractivity contribution in [3.63, 3.8) is 0 Å². The molecule has 62 valence electrons. The fourth-order valence-electron chi connectivity index (χ4n) is 1.32. The lowest BCUT2D eigenvalue weighted by molar-refractivity contribution is 1.09. The Labute approximate surface area is 76.4 Å². The van der Waals surface area contributed by atoms with E-state index in [1.807, 2.05) is 13.1 Å². The summed E-state index contributed by atoms with van der Waals surface area (Å²) in [6.45, 7) is 1.98. The molecule has 1 heterocycles. The first-order valence-electron chi connectivity index (χ1n) is 3.98. The van der Waals surface area contributed by atoms with Crippen molar-refractivity contribution in [2.24, 2.45) is 0 Å². The van der Waals surface area contributed by atoms with Gasteiger partial charge in [-0.2, -0.15) is 0 Å². The fraction of sp³-hybridized carbons (Fsp3) is 0.200. The van der Waals surface area contributed by atoms with E-state index in [2.05, 4.69) is 29.2 Å². The highest BCUT2D eigenvalue weighted by Crippen LogP contribution is 2.23. The molecule has 0 aliphatic heterocycles. The van der Waals surface area contributed by atoms with Gasteiger partial charge in [-0.3, -0.25) is 0 Å². The van der Waals surface area contributed by atoms with Crippen LogP contribution in [-0.4, -0.2) is 4.98 Å². The third-order valence-corrected chi connectivity index (χ3v) is 2.29. The van der Waals surface area contributed by atoms with Crippen molar-refractivity contribution in [2.75, 3.05) is 0 Å². The zero-order valence-electron chi connectivity index (χ0n) is 6.84. The molecule has 2 heteroatoms. The lowest BCUT2D eigenvalue weighted by atomic mass is 10.1. The van der Waals surface area contributed by atoms with Gasteiger partial charge in [0.2, 0.25) is 0 Å². The van der Waals surface area contributed by atoms with Crippen LogP contribution in [0.5, 0.6) is 0 Å². The number of H-pyrrole nitrogens is 1. The number of nitrogens with one attached hydrogen (secondary N) is 1. The molecule has 0 fully saturated rings. The first kappa shape index (κ1) is 7.69. The quantitative estimate of drug-likeness (QED) is 0.646. The number of hydrogen-bond donors (Lipinski definition) is 1. The first-order chi connectivity index (χ1) is 5.77. The van der Waals surface area contributed by atoms with Crippen LogP contribution < -0.4 is 0 Å². The van der Waals surface area contributed by atoms with Crippen molar-refractivity contribution in [1.29, 1.82) is 0 Å². The number of alkyl halides is 1. The monoisotopic (exact) mass is 179 g/mol. The normalized spacial score (nSPS) is 13.5. The van der Waals surface area contributed by atoms with Crippen LogP contribution in [0, 0.1) is 0 Å². The summed E-state index contributed by atoms with van der Waals surface area (Å²) < 4.78 is 0. The molecule has 0 aliphatic rings. The number of hydrogen-bond acceptors (Lipinski definition) is 0. The van der Waals surface area contributed by atoms with Crippen LogP contribution in [0.25, 0.3) is 10.9 Å². The van der Waals surface area contributed by atoms with Crippen LogP contribution in [0.1, 0.15) is 17.9 Å². The predicted octanol–water partition coefficient (Wildman–Crippen LogP) is 3.47. The second-order valence-electron chi connectivity index (χ2n) is 2.94. The summed E-state index contributed by atoms with van der Waals surface area (Å²) in [4.78, 5) is 3.14. The maximum Gasteiger partial charge on any atom is 0.0557 e. The van der Waals surface area contributed by atoms with E-state index >= 15 is 0 Å². The van der Waals surface area contributed by atoms with Gasteiger partial charge in [0.05, 0.1) is 5.38 Å². The van der Waals surface area contributed by atoms with Crippen LogP contribution in [0.2, 0.25) is 0 Å². The Morgan fingerprint density at radius 1 is 1.33 bits per heavy atom. The van der Waals surface area contributed by atoms with E-state index in [9.17, 15) is 0 Å². The van der Waals surface area contributed by atoms with Crippen molar-refractivity contribution in [2.45, 2.75) is 12.3 Å². The summed E-state index contributed by atoms with van der Waals surface area (Å²) >= 11 is 5.96. The maximum atomic E-state index is 5.96. The van der Waals surface area contributed by atoms with Gasteiger partial charge in [0.1, 0.15) is 0 Å². The Bertz CT molecular complexity index is 389. The van der Waals surface area contributed by atoms with E-state index in [4.69, 9.17) is 11.6 Å². The number of benzene rings is 1. The molecule has 2 rings (SSSR count). The van der Waals surface area contributed by atoms with Crippen molar-refractivity contribution in [1.82, 2.24) is 4.98 Å². The molecule has 0 saturated heterocycles. The van der Waals surface area contributed by atoms with Crippen molar-refractivity contribution < 1.29 is 0 Å². The van der Waals surface area contributed by atoms with Crippen molar-refractivity contribution >= 4 is 22.5 Å². The fourth-order valence-corrected chi connectivity index (χ4v) is 1.45. The lowest BCUT2D eigenvalue weighted by Gasteiger charge is -2.01.